The molecule has 0 radical (unpaired) electrons. The Kier molecular flexibility index (Phi) is 9.44. The van der Waals surface area contributed by atoms with Gasteiger partial charge in [-0.05, 0) is 44.6 Å². The molecule has 1 fully saturated rings. The van der Waals surface area contributed by atoms with Gasteiger partial charge in [0.1, 0.15) is 0 Å². The Morgan fingerprint density at radius 3 is 2.62 bits per heavy atom. The fraction of sp³-hybridized carbons (Fsp3) is 0.667. The Bertz CT molecular complexity index is 652. The predicted octanol–water partition coefficient (Wildman–Crippen LogP) is 3.95. The van der Waals surface area contributed by atoms with Gasteiger partial charge in [0, 0.05) is 32.4 Å². The molecule has 0 saturated heterocycles. The zero-order valence-electron chi connectivity index (χ0n) is 17.6. The van der Waals surface area contributed by atoms with Crippen LogP contribution < -0.4 is 20.1 Å². The van der Waals surface area contributed by atoms with Crippen LogP contribution in [0.15, 0.2) is 23.2 Å². The van der Waals surface area contributed by atoms with Crippen molar-refractivity contribution in [1.82, 2.24) is 10.6 Å². The second kappa shape index (κ2) is 11.8. The number of rotatable bonds is 12. The van der Waals surface area contributed by atoms with Gasteiger partial charge in [-0.1, -0.05) is 18.6 Å². The minimum Gasteiger partial charge on any atom is -0.490 e. The molecule has 0 unspecified atom stereocenters. The van der Waals surface area contributed by atoms with Crippen molar-refractivity contribution in [2.24, 2.45) is 10.4 Å². The molecule has 0 aliphatic heterocycles. The van der Waals surface area contributed by atoms with Crippen molar-refractivity contribution in [3.63, 3.8) is 0 Å². The first-order chi connectivity index (χ1) is 14.0. The van der Waals surface area contributed by atoms with Crippen molar-refractivity contribution in [2.45, 2.75) is 52.7 Å². The molecule has 0 heterocycles. The van der Waals surface area contributed by atoms with E-state index in [0.717, 1.165) is 19.6 Å². The van der Waals surface area contributed by atoms with E-state index in [2.05, 4.69) is 15.6 Å². The summed E-state index contributed by atoms with van der Waals surface area (Å²) in [5, 5.41) is 6.62. The average molecular weight is 414 g/mol. The van der Waals surface area contributed by atoms with Crippen molar-refractivity contribution >= 4 is 5.96 Å². The van der Waals surface area contributed by atoms with Crippen molar-refractivity contribution < 1.29 is 23.0 Å². The molecule has 0 atom stereocenters. The second-order valence-electron chi connectivity index (χ2n) is 7.20. The zero-order valence-corrected chi connectivity index (χ0v) is 17.6. The SMILES string of the molecule is CCNC(=NCc1cccc(OCC)c1OC(F)F)NCC1(CCOC)CCC1. The fourth-order valence-corrected chi connectivity index (χ4v) is 3.47. The predicted molar refractivity (Wildman–Crippen MR) is 110 cm³/mol. The van der Waals surface area contributed by atoms with Crippen molar-refractivity contribution in [2.75, 3.05) is 33.4 Å². The topological polar surface area (TPSA) is 64.1 Å². The lowest BCUT2D eigenvalue weighted by Gasteiger charge is -2.42. The van der Waals surface area contributed by atoms with Gasteiger partial charge in [0.2, 0.25) is 0 Å². The first-order valence-corrected chi connectivity index (χ1v) is 10.2. The number of halogens is 2. The molecule has 0 amide bonds. The highest BCUT2D eigenvalue weighted by molar-refractivity contribution is 5.79. The summed E-state index contributed by atoms with van der Waals surface area (Å²) in [7, 11) is 1.72. The van der Waals surface area contributed by atoms with Crippen LogP contribution in [-0.4, -0.2) is 46.0 Å². The quantitative estimate of drug-likeness (QED) is 0.401. The molecular formula is C21H33F2N3O3. The van der Waals surface area contributed by atoms with Gasteiger partial charge in [-0.3, -0.25) is 0 Å². The Morgan fingerprint density at radius 2 is 2.03 bits per heavy atom. The molecule has 1 saturated carbocycles. The lowest BCUT2D eigenvalue weighted by Crippen LogP contribution is -2.47. The molecule has 0 aromatic heterocycles. The van der Waals surface area contributed by atoms with Gasteiger partial charge in [0.25, 0.3) is 0 Å². The normalized spacial score (nSPS) is 15.7. The molecule has 2 rings (SSSR count). The van der Waals surface area contributed by atoms with E-state index in [1.165, 1.54) is 19.3 Å². The highest BCUT2D eigenvalue weighted by atomic mass is 19.3. The lowest BCUT2D eigenvalue weighted by atomic mass is 9.67. The van der Waals surface area contributed by atoms with Crippen molar-refractivity contribution in [1.29, 1.82) is 0 Å². The molecule has 1 aliphatic rings. The van der Waals surface area contributed by atoms with Crippen LogP contribution in [0, 0.1) is 5.41 Å². The maximum atomic E-state index is 12.9. The number of ether oxygens (including phenoxy) is 3. The third-order valence-electron chi connectivity index (χ3n) is 5.20. The summed E-state index contributed by atoms with van der Waals surface area (Å²) >= 11 is 0. The molecule has 29 heavy (non-hydrogen) atoms. The van der Waals surface area contributed by atoms with E-state index in [4.69, 9.17) is 14.2 Å². The molecule has 1 aliphatic carbocycles. The summed E-state index contributed by atoms with van der Waals surface area (Å²) in [6.45, 7) is 3.67. The monoisotopic (exact) mass is 413 g/mol. The van der Waals surface area contributed by atoms with Gasteiger partial charge < -0.3 is 24.8 Å². The van der Waals surface area contributed by atoms with Crippen LogP contribution in [0.3, 0.4) is 0 Å². The Morgan fingerprint density at radius 1 is 1.24 bits per heavy atom. The molecule has 8 heteroatoms. The number of alkyl halides is 2. The number of nitrogens with one attached hydrogen (secondary N) is 2. The van der Waals surface area contributed by atoms with E-state index < -0.39 is 6.61 Å². The minimum absolute atomic E-state index is 0.0412. The Labute approximate surface area is 172 Å². The van der Waals surface area contributed by atoms with Gasteiger partial charge in [0.15, 0.2) is 17.5 Å². The molecule has 0 spiro atoms. The molecule has 1 aromatic rings. The van der Waals surface area contributed by atoms with E-state index in [1.807, 2.05) is 6.92 Å². The lowest BCUT2D eigenvalue weighted by molar-refractivity contribution is -0.0520. The van der Waals surface area contributed by atoms with E-state index in [1.54, 1.807) is 32.2 Å². The largest absolute Gasteiger partial charge is 0.490 e. The standard InChI is InChI=1S/C21H33F2N3O3/c1-4-24-20(26-15-21(10-7-11-21)12-13-27-3)25-14-16-8-6-9-17(28-5-2)18(16)29-19(22)23/h6,8-9,19H,4-5,7,10-15H2,1-3H3,(H2,24,25,26). The molecule has 0 bridgehead atoms. The number of hydrogen-bond acceptors (Lipinski definition) is 4. The van der Waals surface area contributed by atoms with Gasteiger partial charge >= 0.3 is 6.61 Å². The number of benzene rings is 1. The molecule has 2 N–H and O–H groups in total. The number of nitrogens with zero attached hydrogens (tertiary/aromatic N) is 1. The summed E-state index contributed by atoms with van der Waals surface area (Å²) in [4.78, 5) is 4.58. The number of hydrogen-bond donors (Lipinski definition) is 2. The summed E-state index contributed by atoms with van der Waals surface area (Å²) in [6, 6.07) is 5.09. The van der Waals surface area contributed by atoms with Crippen LogP contribution in [0.1, 0.15) is 45.1 Å². The number of aliphatic imine (C=N–C) groups is 1. The summed E-state index contributed by atoms with van der Waals surface area (Å²) < 4.78 is 41.2. The van der Waals surface area contributed by atoms with Gasteiger partial charge in [-0.15, -0.1) is 0 Å². The third kappa shape index (κ3) is 7.03. The summed E-state index contributed by atoms with van der Waals surface area (Å²) in [5.41, 5.74) is 0.789. The molecule has 6 nitrogen and oxygen atoms in total. The minimum atomic E-state index is -2.93. The van der Waals surface area contributed by atoms with Crippen LogP contribution in [0.4, 0.5) is 8.78 Å². The van der Waals surface area contributed by atoms with Crippen LogP contribution in [-0.2, 0) is 11.3 Å². The van der Waals surface area contributed by atoms with Crippen LogP contribution in [0.2, 0.25) is 0 Å². The van der Waals surface area contributed by atoms with Crippen LogP contribution in [0.5, 0.6) is 11.5 Å². The first-order valence-electron chi connectivity index (χ1n) is 10.2. The Hall–Kier alpha value is -2.09. The highest BCUT2D eigenvalue weighted by Gasteiger charge is 2.36. The van der Waals surface area contributed by atoms with Crippen molar-refractivity contribution in [3.05, 3.63) is 23.8 Å². The maximum Gasteiger partial charge on any atom is 0.387 e. The summed E-state index contributed by atoms with van der Waals surface area (Å²) in [5.74, 6) is 0.993. The molecular weight excluding hydrogens is 380 g/mol. The average Bonchev–Trinajstić information content (AvgIpc) is 2.66. The van der Waals surface area contributed by atoms with Gasteiger partial charge in [-0.2, -0.15) is 8.78 Å². The van der Waals surface area contributed by atoms with Crippen molar-refractivity contribution in [3.8, 4) is 11.5 Å². The highest BCUT2D eigenvalue weighted by Crippen LogP contribution is 2.43. The Balaban J connectivity index is 2.10. The van der Waals surface area contributed by atoms with E-state index in [0.29, 0.717) is 30.4 Å². The zero-order chi connectivity index (χ0) is 21.1. The summed E-state index contributed by atoms with van der Waals surface area (Å²) in [6.07, 6.45) is 4.59. The van der Waals surface area contributed by atoms with Gasteiger partial charge in [0.05, 0.1) is 13.2 Å². The van der Waals surface area contributed by atoms with E-state index in [9.17, 15) is 8.78 Å². The van der Waals surface area contributed by atoms with Crippen LogP contribution >= 0.6 is 0 Å². The number of methoxy groups -OCH3 is 1. The number of para-hydroxylation sites is 1. The van der Waals surface area contributed by atoms with E-state index >= 15 is 0 Å². The first kappa shape index (κ1) is 23.2. The maximum absolute atomic E-state index is 12.9. The molecule has 164 valence electrons. The van der Waals surface area contributed by atoms with Gasteiger partial charge in [-0.25, -0.2) is 4.99 Å². The second-order valence-corrected chi connectivity index (χ2v) is 7.20. The number of guanidine groups is 1. The smallest absolute Gasteiger partial charge is 0.387 e. The molecule has 1 aromatic carbocycles. The third-order valence-corrected chi connectivity index (χ3v) is 5.20. The van der Waals surface area contributed by atoms with E-state index in [-0.39, 0.29) is 17.7 Å². The van der Waals surface area contributed by atoms with Crippen LogP contribution in [0.25, 0.3) is 0 Å². The fourth-order valence-electron chi connectivity index (χ4n) is 3.47.